The molecular formula is C24H24N4O. The summed E-state index contributed by atoms with van der Waals surface area (Å²) in [6, 6.07) is 24.2. The van der Waals surface area contributed by atoms with E-state index < -0.39 is 0 Å². The second-order valence-electron chi connectivity index (χ2n) is 7.06. The number of aryl methyl sites for hydroxylation is 1. The van der Waals surface area contributed by atoms with Crippen LogP contribution < -0.4 is 5.32 Å². The molecule has 4 rings (SSSR count). The molecule has 2 heterocycles. The topological polar surface area (TPSA) is 59.8 Å². The summed E-state index contributed by atoms with van der Waals surface area (Å²) in [5, 5.41) is 2.99. The number of amides is 1. The Labute approximate surface area is 170 Å². The Bertz CT molecular complexity index is 1070. The highest BCUT2D eigenvalue weighted by Gasteiger charge is 2.12. The molecule has 0 unspecified atom stereocenters. The van der Waals surface area contributed by atoms with E-state index in [0.29, 0.717) is 13.0 Å². The number of nitrogens with one attached hydrogen (secondary N) is 1. The highest BCUT2D eigenvalue weighted by Crippen LogP contribution is 2.17. The number of benzene rings is 2. The lowest BCUT2D eigenvalue weighted by Gasteiger charge is -2.09. The van der Waals surface area contributed by atoms with Gasteiger partial charge in [-0.25, -0.2) is 9.97 Å². The van der Waals surface area contributed by atoms with Crippen LogP contribution in [0.25, 0.3) is 11.2 Å². The molecule has 0 atom stereocenters. The maximum absolute atomic E-state index is 12.2. The molecule has 1 amide bonds. The molecule has 0 spiro atoms. The zero-order valence-corrected chi connectivity index (χ0v) is 16.3. The Kier molecular flexibility index (Phi) is 5.95. The fraction of sp³-hybridized carbons (Fsp3) is 0.208. The van der Waals surface area contributed by atoms with Crippen LogP contribution in [0.3, 0.4) is 0 Å². The van der Waals surface area contributed by atoms with Crippen molar-refractivity contribution in [1.82, 2.24) is 19.9 Å². The van der Waals surface area contributed by atoms with Crippen molar-refractivity contribution < 1.29 is 4.79 Å². The van der Waals surface area contributed by atoms with Gasteiger partial charge in [0.1, 0.15) is 11.3 Å². The molecule has 146 valence electrons. The van der Waals surface area contributed by atoms with Crippen LogP contribution in [0.2, 0.25) is 0 Å². The number of aromatic nitrogens is 3. The zero-order valence-electron chi connectivity index (χ0n) is 16.3. The third-order valence-electron chi connectivity index (χ3n) is 4.90. The normalized spacial score (nSPS) is 10.9. The lowest BCUT2D eigenvalue weighted by Crippen LogP contribution is -2.22. The molecule has 0 bridgehead atoms. The summed E-state index contributed by atoms with van der Waals surface area (Å²) in [4.78, 5) is 21.5. The Hall–Kier alpha value is -3.47. The Morgan fingerprint density at radius 3 is 2.38 bits per heavy atom. The Morgan fingerprint density at radius 1 is 0.897 bits per heavy atom. The van der Waals surface area contributed by atoms with Gasteiger partial charge >= 0.3 is 0 Å². The van der Waals surface area contributed by atoms with Gasteiger partial charge in [-0.1, -0.05) is 60.7 Å². The van der Waals surface area contributed by atoms with Crippen LogP contribution in [0.1, 0.15) is 29.8 Å². The number of hydrogen-bond acceptors (Lipinski definition) is 3. The van der Waals surface area contributed by atoms with Gasteiger partial charge in [0.15, 0.2) is 5.65 Å². The van der Waals surface area contributed by atoms with Gasteiger partial charge in [0.05, 0.1) is 6.54 Å². The Balaban J connectivity index is 1.39. The highest BCUT2D eigenvalue weighted by atomic mass is 16.1. The van der Waals surface area contributed by atoms with Gasteiger partial charge in [0.2, 0.25) is 5.91 Å². The third kappa shape index (κ3) is 4.88. The van der Waals surface area contributed by atoms with E-state index in [4.69, 9.17) is 4.98 Å². The van der Waals surface area contributed by atoms with Crippen molar-refractivity contribution in [1.29, 1.82) is 0 Å². The van der Waals surface area contributed by atoms with Crippen molar-refractivity contribution in [3.8, 4) is 0 Å². The number of carbonyl (C=O) groups excluding carboxylic acids is 1. The molecule has 0 saturated carbocycles. The molecule has 5 heteroatoms. The number of hydrogen-bond donors (Lipinski definition) is 1. The molecule has 0 radical (unpaired) electrons. The molecular weight excluding hydrogens is 360 g/mol. The minimum Gasteiger partial charge on any atom is -0.352 e. The van der Waals surface area contributed by atoms with E-state index >= 15 is 0 Å². The molecule has 1 N–H and O–H groups in total. The molecule has 0 fully saturated rings. The number of carbonyl (C=O) groups is 1. The predicted octanol–water partition coefficient (Wildman–Crippen LogP) is 4.12. The van der Waals surface area contributed by atoms with Crippen molar-refractivity contribution in [3.05, 3.63) is 95.9 Å². The van der Waals surface area contributed by atoms with Gasteiger partial charge < -0.3 is 9.88 Å². The first-order valence-corrected chi connectivity index (χ1v) is 9.94. The highest BCUT2D eigenvalue weighted by molar-refractivity contribution is 5.76. The van der Waals surface area contributed by atoms with E-state index in [1.165, 1.54) is 5.56 Å². The molecule has 2 aromatic carbocycles. The zero-order chi connectivity index (χ0) is 19.9. The predicted molar refractivity (Wildman–Crippen MR) is 114 cm³/mol. The molecule has 0 aliphatic heterocycles. The minimum atomic E-state index is 0.0673. The molecule has 2 aromatic heterocycles. The van der Waals surface area contributed by atoms with Gasteiger partial charge in [-0.05, 0) is 29.7 Å². The fourth-order valence-corrected chi connectivity index (χ4v) is 3.42. The van der Waals surface area contributed by atoms with Crippen molar-refractivity contribution in [2.24, 2.45) is 0 Å². The van der Waals surface area contributed by atoms with E-state index in [1.807, 2.05) is 60.7 Å². The van der Waals surface area contributed by atoms with Crippen molar-refractivity contribution in [3.63, 3.8) is 0 Å². The summed E-state index contributed by atoms with van der Waals surface area (Å²) in [6.07, 6.45) is 3.77. The number of nitrogens with zero attached hydrogens (tertiary/aromatic N) is 3. The largest absolute Gasteiger partial charge is 0.352 e. The molecule has 0 saturated heterocycles. The summed E-state index contributed by atoms with van der Waals surface area (Å²) in [5.41, 5.74) is 4.10. The fourth-order valence-electron chi connectivity index (χ4n) is 3.42. The number of fused-ring (bicyclic) bond motifs is 1. The maximum atomic E-state index is 12.2. The van der Waals surface area contributed by atoms with Crippen molar-refractivity contribution in [2.75, 3.05) is 0 Å². The van der Waals surface area contributed by atoms with Crippen LogP contribution in [0.15, 0.2) is 79.0 Å². The van der Waals surface area contributed by atoms with Gasteiger partial charge in [-0.15, -0.1) is 0 Å². The van der Waals surface area contributed by atoms with Crippen molar-refractivity contribution in [2.45, 2.75) is 32.4 Å². The van der Waals surface area contributed by atoms with Crippen LogP contribution in [-0.2, 0) is 24.3 Å². The smallest absolute Gasteiger partial charge is 0.220 e. The average molecular weight is 384 g/mol. The first kappa shape index (κ1) is 18.9. The second kappa shape index (κ2) is 9.15. The van der Waals surface area contributed by atoms with Crippen LogP contribution in [0.5, 0.6) is 0 Å². The van der Waals surface area contributed by atoms with Crippen LogP contribution in [0.4, 0.5) is 0 Å². The summed E-state index contributed by atoms with van der Waals surface area (Å²) >= 11 is 0. The maximum Gasteiger partial charge on any atom is 0.220 e. The lowest BCUT2D eigenvalue weighted by atomic mass is 10.2. The molecule has 0 aliphatic carbocycles. The van der Waals surface area contributed by atoms with Crippen molar-refractivity contribution >= 4 is 17.1 Å². The van der Waals surface area contributed by atoms with E-state index in [0.717, 1.165) is 41.9 Å². The summed E-state index contributed by atoms with van der Waals surface area (Å²) in [5.74, 6) is 1.04. The second-order valence-corrected chi connectivity index (χ2v) is 7.06. The molecule has 0 aliphatic rings. The van der Waals surface area contributed by atoms with E-state index in [9.17, 15) is 4.79 Å². The summed E-state index contributed by atoms with van der Waals surface area (Å²) < 4.78 is 2.16. The van der Waals surface area contributed by atoms with Gasteiger partial charge in [-0.2, -0.15) is 0 Å². The number of imidazole rings is 1. The van der Waals surface area contributed by atoms with Crippen LogP contribution in [-0.4, -0.2) is 20.4 Å². The third-order valence-corrected chi connectivity index (χ3v) is 4.90. The molecule has 29 heavy (non-hydrogen) atoms. The van der Waals surface area contributed by atoms with Gasteiger partial charge in [-0.3, -0.25) is 4.79 Å². The average Bonchev–Trinajstić information content (AvgIpc) is 3.11. The van der Waals surface area contributed by atoms with Crippen LogP contribution >= 0.6 is 0 Å². The molecule has 4 aromatic rings. The van der Waals surface area contributed by atoms with E-state index in [2.05, 4.69) is 27.0 Å². The minimum absolute atomic E-state index is 0.0673. The first-order valence-electron chi connectivity index (χ1n) is 9.94. The monoisotopic (exact) mass is 384 g/mol. The van der Waals surface area contributed by atoms with Crippen LogP contribution in [0, 0.1) is 0 Å². The number of pyridine rings is 1. The number of rotatable bonds is 8. The first-order chi connectivity index (χ1) is 14.3. The summed E-state index contributed by atoms with van der Waals surface area (Å²) in [7, 11) is 0. The van der Waals surface area contributed by atoms with E-state index in [1.54, 1.807) is 6.20 Å². The molecule has 5 nitrogen and oxygen atoms in total. The lowest BCUT2D eigenvalue weighted by molar-refractivity contribution is -0.121. The summed E-state index contributed by atoms with van der Waals surface area (Å²) in [6.45, 7) is 1.29. The standard InChI is InChI=1S/C24H24N4O/c29-23(26-17-19-9-3-1-4-10-19)15-7-14-22-27-21-13-8-16-25-24(21)28(22)18-20-11-5-2-6-12-20/h1-6,8-13,16H,7,14-15,17-18H2,(H,26,29). The quantitative estimate of drug-likeness (QED) is 0.497. The Morgan fingerprint density at radius 2 is 1.62 bits per heavy atom. The SMILES string of the molecule is O=C(CCCc1nc2cccnc2n1Cc1ccccc1)NCc1ccccc1. The van der Waals surface area contributed by atoms with Gasteiger partial charge in [0, 0.05) is 25.6 Å². The van der Waals surface area contributed by atoms with Gasteiger partial charge in [0.25, 0.3) is 0 Å². The van der Waals surface area contributed by atoms with E-state index in [-0.39, 0.29) is 5.91 Å².